The fourth-order valence-electron chi connectivity index (χ4n) is 1.38. The molecule has 0 spiro atoms. The number of rotatable bonds is 7. The molecule has 0 radical (unpaired) electrons. The molecule has 0 heterocycles. The third-order valence-electron chi connectivity index (χ3n) is 2.39. The minimum Gasteiger partial charge on any atom is -0.469 e. The summed E-state index contributed by atoms with van der Waals surface area (Å²) in [6.45, 7) is -2.69. The molecule has 1 aromatic rings. The number of ether oxygens (including phenoxy) is 2. The number of esters is 1. The molecule has 0 aliphatic carbocycles. The van der Waals surface area contributed by atoms with Crippen molar-refractivity contribution >= 4 is 18.0 Å². The highest BCUT2D eigenvalue weighted by atomic mass is 19.3. The quantitative estimate of drug-likeness (QED) is 0.617. The summed E-state index contributed by atoms with van der Waals surface area (Å²) in [5.41, 5.74) is 0.653. The lowest BCUT2D eigenvalue weighted by molar-refractivity contribution is -0.140. The highest BCUT2D eigenvalue weighted by Crippen LogP contribution is 2.15. The smallest absolute Gasteiger partial charge is 0.387 e. The second-order valence-corrected chi connectivity index (χ2v) is 3.90. The van der Waals surface area contributed by atoms with Crippen molar-refractivity contribution in [2.45, 2.75) is 13.0 Å². The van der Waals surface area contributed by atoms with Gasteiger partial charge in [-0.15, -0.1) is 0 Å². The maximum Gasteiger partial charge on any atom is 0.387 e. The number of nitrogens with one attached hydrogen (secondary N) is 1. The van der Waals surface area contributed by atoms with Crippen LogP contribution in [0.4, 0.5) is 8.78 Å². The molecule has 0 saturated heterocycles. The Hall–Kier alpha value is -2.44. The van der Waals surface area contributed by atoms with Crippen LogP contribution in [-0.2, 0) is 14.3 Å². The first-order valence-electron chi connectivity index (χ1n) is 6.09. The monoisotopic (exact) mass is 299 g/mol. The summed E-state index contributed by atoms with van der Waals surface area (Å²) >= 11 is 0. The molecule has 0 aliphatic rings. The zero-order valence-electron chi connectivity index (χ0n) is 11.3. The highest BCUT2D eigenvalue weighted by molar-refractivity contribution is 5.91. The molecule has 114 valence electrons. The van der Waals surface area contributed by atoms with Gasteiger partial charge in [-0.25, -0.2) is 0 Å². The molecule has 21 heavy (non-hydrogen) atoms. The zero-order valence-corrected chi connectivity index (χ0v) is 11.3. The van der Waals surface area contributed by atoms with E-state index in [1.165, 1.54) is 43.5 Å². The summed E-state index contributed by atoms with van der Waals surface area (Å²) in [5.74, 6) is -0.731. The Labute approximate surface area is 120 Å². The average molecular weight is 299 g/mol. The van der Waals surface area contributed by atoms with Crippen molar-refractivity contribution in [1.29, 1.82) is 0 Å². The van der Waals surface area contributed by atoms with Crippen molar-refractivity contribution in [3.05, 3.63) is 35.9 Å². The van der Waals surface area contributed by atoms with Crippen LogP contribution >= 0.6 is 0 Å². The van der Waals surface area contributed by atoms with E-state index in [4.69, 9.17) is 0 Å². The van der Waals surface area contributed by atoms with Gasteiger partial charge in [0.2, 0.25) is 5.91 Å². The van der Waals surface area contributed by atoms with Crippen LogP contribution in [-0.4, -0.2) is 32.1 Å². The first-order chi connectivity index (χ1) is 10.0. The van der Waals surface area contributed by atoms with Gasteiger partial charge in [0.25, 0.3) is 0 Å². The molecule has 1 aromatic carbocycles. The third kappa shape index (κ3) is 7.05. The predicted molar refractivity (Wildman–Crippen MR) is 71.8 cm³/mol. The van der Waals surface area contributed by atoms with E-state index in [9.17, 15) is 18.4 Å². The van der Waals surface area contributed by atoms with E-state index in [0.717, 1.165) is 0 Å². The molecule has 0 saturated carbocycles. The van der Waals surface area contributed by atoms with E-state index < -0.39 is 12.6 Å². The van der Waals surface area contributed by atoms with Gasteiger partial charge in [0.1, 0.15) is 5.75 Å². The molecule has 0 unspecified atom stereocenters. The summed E-state index contributed by atoms with van der Waals surface area (Å²) < 4.78 is 32.5. The van der Waals surface area contributed by atoms with Crippen LogP contribution < -0.4 is 10.1 Å². The lowest BCUT2D eigenvalue weighted by Gasteiger charge is -2.04. The van der Waals surface area contributed by atoms with Crippen molar-refractivity contribution in [2.75, 3.05) is 13.7 Å². The molecular weight excluding hydrogens is 284 g/mol. The zero-order chi connectivity index (χ0) is 15.7. The molecule has 5 nitrogen and oxygen atoms in total. The Kier molecular flexibility index (Phi) is 6.86. The molecule has 0 bridgehead atoms. The molecule has 1 rings (SSSR count). The second-order valence-electron chi connectivity index (χ2n) is 3.90. The lowest BCUT2D eigenvalue weighted by Crippen LogP contribution is -2.24. The Balaban J connectivity index is 2.41. The van der Waals surface area contributed by atoms with Gasteiger partial charge in [0.05, 0.1) is 13.5 Å². The summed E-state index contributed by atoms with van der Waals surface area (Å²) in [6.07, 6.45) is 2.88. The van der Waals surface area contributed by atoms with Gasteiger partial charge in [0, 0.05) is 12.6 Å². The molecule has 0 atom stereocenters. The summed E-state index contributed by atoms with van der Waals surface area (Å²) in [5, 5.41) is 2.51. The van der Waals surface area contributed by atoms with Crippen molar-refractivity contribution in [3.63, 3.8) is 0 Å². The van der Waals surface area contributed by atoms with Crippen LogP contribution in [0.1, 0.15) is 12.0 Å². The number of methoxy groups -OCH3 is 1. The van der Waals surface area contributed by atoms with Crippen LogP contribution in [0, 0.1) is 0 Å². The van der Waals surface area contributed by atoms with Gasteiger partial charge >= 0.3 is 12.6 Å². The topological polar surface area (TPSA) is 64.6 Å². The van der Waals surface area contributed by atoms with Crippen molar-refractivity contribution < 1.29 is 27.8 Å². The van der Waals surface area contributed by atoms with Crippen molar-refractivity contribution in [1.82, 2.24) is 5.32 Å². The van der Waals surface area contributed by atoms with Gasteiger partial charge < -0.3 is 14.8 Å². The molecule has 1 amide bonds. The minimum atomic E-state index is -2.87. The highest BCUT2D eigenvalue weighted by Gasteiger charge is 2.03. The second kappa shape index (κ2) is 8.68. The average Bonchev–Trinajstić information content (AvgIpc) is 2.45. The van der Waals surface area contributed by atoms with E-state index >= 15 is 0 Å². The Morgan fingerprint density at radius 2 is 1.95 bits per heavy atom. The first kappa shape index (κ1) is 16.6. The number of carbonyl (C=O) groups excluding carboxylic acids is 2. The molecule has 0 fully saturated rings. The van der Waals surface area contributed by atoms with E-state index in [1.807, 2.05) is 0 Å². The standard InChI is InChI=1S/C14H15F2NO4/c1-20-13(19)8-9-17-12(18)7-4-10-2-5-11(6-3-10)21-14(15)16/h2-7,14H,8-9H2,1H3,(H,17,18)/b7-4+. The fraction of sp³-hybridized carbons (Fsp3) is 0.286. The minimum absolute atomic E-state index is 0.0460. The van der Waals surface area contributed by atoms with E-state index in [2.05, 4.69) is 14.8 Å². The van der Waals surface area contributed by atoms with Crippen LogP contribution in [0.3, 0.4) is 0 Å². The fourth-order valence-corrected chi connectivity index (χ4v) is 1.38. The van der Waals surface area contributed by atoms with Crippen LogP contribution in [0.25, 0.3) is 6.08 Å². The third-order valence-corrected chi connectivity index (χ3v) is 2.39. The SMILES string of the molecule is COC(=O)CCNC(=O)/C=C/c1ccc(OC(F)F)cc1. The number of hydrogen-bond donors (Lipinski definition) is 1. The Bertz CT molecular complexity index is 500. The Morgan fingerprint density at radius 3 is 2.52 bits per heavy atom. The van der Waals surface area contributed by atoms with Gasteiger partial charge in [-0.2, -0.15) is 8.78 Å². The van der Waals surface area contributed by atoms with Gasteiger partial charge in [-0.05, 0) is 23.8 Å². The summed E-state index contributed by atoms with van der Waals surface area (Å²) in [7, 11) is 1.27. The van der Waals surface area contributed by atoms with Gasteiger partial charge in [0.15, 0.2) is 0 Å². The van der Waals surface area contributed by atoms with Crippen LogP contribution in [0.15, 0.2) is 30.3 Å². The normalized spacial score (nSPS) is 10.7. The first-order valence-corrected chi connectivity index (χ1v) is 6.09. The Morgan fingerprint density at radius 1 is 1.29 bits per heavy atom. The van der Waals surface area contributed by atoms with Crippen molar-refractivity contribution in [2.24, 2.45) is 0 Å². The van der Waals surface area contributed by atoms with Crippen LogP contribution in [0.2, 0.25) is 0 Å². The molecular formula is C14H15F2NO4. The van der Waals surface area contributed by atoms with Gasteiger partial charge in [-0.3, -0.25) is 9.59 Å². The maximum absolute atomic E-state index is 12.0. The van der Waals surface area contributed by atoms with E-state index in [1.54, 1.807) is 0 Å². The number of alkyl halides is 2. The summed E-state index contributed by atoms with van der Waals surface area (Å²) in [6, 6.07) is 5.83. The number of amides is 1. The predicted octanol–water partition coefficient (Wildman–Crippen LogP) is 1.98. The van der Waals surface area contributed by atoms with Crippen LogP contribution in [0.5, 0.6) is 5.75 Å². The van der Waals surface area contributed by atoms with Gasteiger partial charge in [-0.1, -0.05) is 12.1 Å². The number of carbonyl (C=O) groups is 2. The lowest BCUT2D eigenvalue weighted by atomic mass is 10.2. The number of hydrogen-bond acceptors (Lipinski definition) is 4. The number of halogens is 2. The molecule has 1 N–H and O–H groups in total. The molecule has 0 aliphatic heterocycles. The largest absolute Gasteiger partial charge is 0.469 e. The van der Waals surface area contributed by atoms with E-state index in [-0.39, 0.29) is 24.6 Å². The maximum atomic E-state index is 12.0. The molecule has 0 aromatic heterocycles. The van der Waals surface area contributed by atoms with E-state index in [0.29, 0.717) is 5.56 Å². The van der Waals surface area contributed by atoms with Crippen molar-refractivity contribution in [3.8, 4) is 5.75 Å². The summed E-state index contributed by atoms with van der Waals surface area (Å²) in [4.78, 5) is 22.2. The molecule has 7 heteroatoms. The number of benzene rings is 1.